The van der Waals surface area contributed by atoms with E-state index in [-0.39, 0.29) is 5.91 Å². The molecule has 3 N–H and O–H groups in total. The molecule has 0 atom stereocenters. The minimum absolute atomic E-state index is 0.256. The molecule has 0 bridgehead atoms. The molecular formula is C12H11ClN2O2S. The first-order valence-corrected chi connectivity index (χ1v) is 6.35. The van der Waals surface area contributed by atoms with Crippen LogP contribution >= 0.6 is 22.9 Å². The smallest absolute Gasteiger partial charge is 0.269 e. The first kappa shape index (κ1) is 12.7. The van der Waals surface area contributed by atoms with Crippen LogP contribution in [0.15, 0.2) is 29.6 Å². The maximum Gasteiger partial charge on any atom is 0.269 e. The fourth-order valence-corrected chi connectivity index (χ4v) is 2.43. The summed E-state index contributed by atoms with van der Waals surface area (Å²) in [6, 6.07) is 6.66. The number of hydrogen-bond donors (Lipinski definition) is 2. The fraction of sp³-hybridized carbons (Fsp3) is 0.0833. The lowest BCUT2D eigenvalue weighted by Gasteiger charge is -2.07. The summed E-state index contributed by atoms with van der Waals surface area (Å²) < 4.78 is 5.09. The Balaban J connectivity index is 2.21. The van der Waals surface area contributed by atoms with Crippen molar-refractivity contribution >= 4 is 40.2 Å². The van der Waals surface area contributed by atoms with Gasteiger partial charge in [0, 0.05) is 5.69 Å². The number of methoxy groups -OCH3 is 1. The lowest BCUT2D eigenvalue weighted by atomic mass is 10.2. The van der Waals surface area contributed by atoms with Crippen LogP contribution in [0.5, 0.6) is 5.75 Å². The molecule has 2 rings (SSSR count). The van der Waals surface area contributed by atoms with Crippen LogP contribution in [-0.2, 0) is 0 Å². The van der Waals surface area contributed by atoms with Gasteiger partial charge in [0.05, 0.1) is 17.8 Å². The molecule has 2 aromatic rings. The number of hydrogen-bond acceptors (Lipinski definition) is 4. The molecule has 1 aromatic heterocycles. The molecule has 18 heavy (non-hydrogen) atoms. The summed E-state index contributed by atoms with van der Waals surface area (Å²) in [7, 11) is 1.52. The lowest BCUT2D eigenvalue weighted by Crippen LogP contribution is -2.11. The van der Waals surface area contributed by atoms with Crippen LogP contribution in [0.25, 0.3) is 0 Å². The van der Waals surface area contributed by atoms with Crippen molar-refractivity contribution in [2.24, 2.45) is 0 Å². The molecule has 0 aliphatic carbocycles. The van der Waals surface area contributed by atoms with Crippen molar-refractivity contribution < 1.29 is 9.53 Å². The third-order valence-corrected chi connectivity index (χ3v) is 3.50. The molecule has 1 aromatic carbocycles. The van der Waals surface area contributed by atoms with Crippen LogP contribution in [0, 0.1) is 0 Å². The molecular weight excluding hydrogens is 272 g/mol. The Morgan fingerprint density at radius 1 is 1.44 bits per heavy atom. The van der Waals surface area contributed by atoms with Crippen LogP contribution in [-0.4, -0.2) is 13.0 Å². The van der Waals surface area contributed by atoms with Gasteiger partial charge in [-0.1, -0.05) is 11.6 Å². The van der Waals surface area contributed by atoms with E-state index in [4.69, 9.17) is 22.1 Å². The summed E-state index contributed by atoms with van der Waals surface area (Å²) in [6.45, 7) is 0. The minimum Gasteiger partial charge on any atom is -0.495 e. The lowest BCUT2D eigenvalue weighted by molar-refractivity contribution is 0.102. The molecule has 1 heterocycles. The molecule has 0 aliphatic rings. The Kier molecular flexibility index (Phi) is 3.74. The number of carbonyl (C=O) groups excluding carboxylic acids is 1. The number of nitrogen functional groups attached to an aromatic ring is 1. The van der Waals surface area contributed by atoms with Gasteiger partial charge in [-0.05, 0) is 29.6 Å². The van der Waals surface area contributed by atoms with Crippen molar-refractivity contribution in [3.8, 4) is 5.75 Å². The second-order valence-electron chi connectivity index (χ2n) is 3.51. The van der Waals surface area contributed by atoms with Crippen molar-refractivity contribution in [1.82, 2.24) is 0 Å². The van der Waals surface area contributed by atoms with E-state index < -0.39 is 0 Å². The highest BCUT2D eigenvalue weighted by atomic mass is 35.5. The van der Waals surface area contributed by atoms with Gasteiger partial charge >= 0.3 is 0 Å². The summed E-state index contributed by atoms with van der Waals surface area (Å²) in [5.74, 6) is 0.289. The number of halogens is 1. The van der Waals surface area contributed by atoms with Gasteiger partial charge < -0.3 is 15.8 Å². The Morgan fingerprint density at radius 3 is 2.89 bits per heavy atom. The predicted octanol–water partition coefficient (Wildman–Crippen LogP) is 3.24. The summed E-state index contributed by atoms with van der Waals surface area (Å²) in [4.78, 5) is 12.5. The second-order valence-corrected chi connectivity index (χ2v) is 4.83. The number of carbonyl (C=O) groups is 1. The number of nitrogens with one attached hydrogen (secondary N) is 1. The number of ether oxygens (including phenoxy) is 1. The maximum absolute atomic E-state index is 12.0. The van der Waals surface area contributed by atoms with Crippen molar-refractivity contribution in [2.75, 3.05) is 18.2 Å². The molecule has 4 nitrogen and oxygen atoms in total. The van der Waals surface area contributed by atoms with Crippen LogP contribution < -0.4 is 15.8 Å². The first-order valence-electron chi connectivity index (χ1n) is 5.09. The quantitative estimate of drug-likeness (QED) is 0.850. The van der Waals surface area contributed by atoms with Crippen molar-refractivity contribution in [3.63, 3.8) is 0 Å². The zero-order chi connectivity index (χ0) is 13.1. The standard InChI is InChI=1S/C12H11ClN2O2S/c1-17-10-4-5-18-11(10)12(16)15-9-3-2-7(14)6-8(9)13/h2-6H,14H2,1H3,(H,15,16). The number of amides is 1. The zero-order valence-electron chi connectivity index (χ0n) is 9.57. The largest absolute Gasteiger partial charge is 0.495 e. The summed E-state index contributed by atoms with van der Waals surface area (Å²) in [5.41, 5.74) is 6.65. The summed E-state index contributed by atoms with van der Waals surface area (Å²) >= 11 is 7.29. The Labute approximate surface area is 113 Å². The van der Waals surface area contributed by atoms with Crippen LogP contribution in [0.4, 0.5) is 11.4 Å². The van der Waals surface area contributed by atoms with E-state index in [2.05, 4.69) is 5.32 Å². The van der Waals surface area contributed by atoms with E-state index in [1.807, 2.05) is 0 Å². The van der Waals surface area contributed by atoms with Crippen molar-refractivity contribution in [3.05, 3.63) is 39.5 Å². The highest BCUT2D eigenvalue weighted by Gasteiger charge is 2.15. The molecule has 1 amide bonds. The monoisotopic (exact) mass is 282 g/mol. The van der Waals surface area contributed by atoms with Gasteiger partial charge in [-0.2, -0.15) is 0 Å². The third kappa shape index (κ3) is 2.57. The van der Waals surface area contributed by atoms with Gasteiger partial charge in [0.15, 0.2) is 0 Å². The second kappa shape index (κ2) is 5.29. The van der Waals surface area contributed by atoms with Gasteiger partial charge in [-0.3, -0.25) is 4.79 Å². The van der Waals surface area contributed by atoms with E-state index in [1.54, 1.807) is 29.6 Å². The molecule has 0 aliphatic heterocycles. The van der Waals surface area contributed by atoms with E-state index in [9.17, 15) is 4.79 Å². The minimum atomic E-state index is -0.256. The number of rotatable bonds is 3. The van der Waals surface area contributed by atoms with Crippen LogP contribution in [0.2, 0.25) is 5.02 Å². The molecule has 0 unspecified atom stereocenters. The van der Waals surface area contributed by atoms with E-state index in [0.717, 1.165) is 0 Å². The summed E-state index contributed by atoms with van der Waals surface area (Å²) in [6.07, 6.45) is 0. The van der Waals surface area contributed by atoms with Crippen molar-refractivity contribution in [2.45, 2.75) is 0 Å². The predicted molar refractivity (Wildman–Crippen MR) is 74.7 cm³/mol. The highest BCUT2D eigenvalue weighted by Crippen LogP contribution is 2.28. The molecule has 0 fully saturated rings. The van der Waals surface area contributed by atoms with Crippen molar-refractivity contribution in [1.29, 1.82) is 0 Å². The number of thiophene rings is 1. The Bertz CT molecular complexity index is 583. The molecule has 0 radical (unpaired) electrons. The molecule has 94 valence electrons. The Hall–Kier alpha value is -1.72. The number of anilines is 2. The van der Waals surface area contributed by atoms with Gasteiger partial charge in [0.2, 0.25) is 0 Å². The normalized spacial score (nSPS) is 10.1. The van der Waals surface area contributed by atoms with Gasteiger partial charge in [0.25, 0.3) is 5.91 Å². The SMILES string of the molecule is COc1ccsc1C(=O)Nc1ccc(N)cc1Cl. The summed E-state index contributed by atoms with van der Waals surface area (Å²) in [5, 5.41) is 4.91. The number of nitrogens with two attached hydrogens (primary N) is 1. The maximum atomic E-state index is 12.0. The average Bonchev–Trinajstić information content (AvgIpc) is 2.81. The first-order chi connectivity index (χ1) is 8.61. The van der Waals surface area contributed by atoms with Gasteiger partial charge in [-0.25, -0.2) is 0 Å². The van der Waals surface area contributed by atoms with Gasteiger partial charge in [-0.15, -0.1) is 11.3 Å². The zero-order valence-corrected chi connectivity index (χ0v) is 11.1. The topological polar surface area (TPSA) is 64.3 Å². The molecule has 0 saturated heterocycles. The third-order valence-electron chi connectivity index (χ3n) is 2.30. The molecule has 0 spiro atoms. The van der Waals surface area contributed by atoms with Gasteiger partial charge in [0.1, 0.15) is 10.6 Å². The van der Waals surface area contributed by atoms with Crippen LogP contribution in [0.1, 0.15) is 9.67 Å². The fourth-order valence-electron chi connectivity index (χ4n) is 1.44. The van der Waals surface area contributed by atoms with E-state index in [0.29, 0.717) is 27.0 Å². The Morgan fingerprint density at radius 2 is 2.22 bits per heavy atom. The highest BCUT2D eigenvalue weighted by molar-refractivity contribution is 7.12. The molecule has 0 saturated carbocycles. The van der Waals surface area contributed by atoms with Crippen LogP contribution in [0.3, 0.4) is 0 Å². The van der Waals surface area contributed by atoms with E-state index >= 15 is 0 Å². The number of benzene rings is 1. The van der Waals surface area contributed by atoms with E-state index in [1.165, 1.54) is 18.4 Å². The average molecular weight is 283 g/mol. The molecule has 6 heteroatoms.